The minimum absolute atomic E-state index is 0.0847. The number of anilines is 3. The van der Waals surface area contributed by atoms with Crippen molar-refractivity contribution in [2.75, 3.05) is 16.8 Å². The van der Waals surface area contributed by atoms with Crippen molar-refractivity contribution in [3.05, 3.63) is 114 Å². The van der Waals surface area contributed by atoms with Crippen LogP contribution in [-0.4, -0.2) is 54.8 Å². The summed E-state index contributed by atoms with van der Waals surface area (Å²) in [4.78, 5) is 27.5. The number of para-hydroxylation sites is 1. The zero-order chi connectivity index (χ0) is 30.6. The van der Waals surface area contributed by atoms with E-state index in [-0.39, 0.29) is 12.5 Å². The summed E-state index contributed by atoms with van der Waals surface area (Å²) in [6, 6.07) is 23.6. The summed E-state index contributed by atoms with van der Waals surface area (Å²) in [7, 11) is 0. The van der Waals surface area contributed by atoms with E-state index in [2.05, 4.69) is 15.6 Å². The SMILES string of the molecule is C[C@H](O)C(=O)Nc1ccc2c(c1)[C@@](O)([C@H](C)/C=C/CCn1cc(C(CO)c3ccccc3)nn1)C(=O)N2c1ccccc1. The van der Waals surface area contributed by atoms with E-state index in [1.165, 1.54) is 11.8 Å². The maximum atomic E-state index is 13.9. The van der Waals surface area contributed by atoms with Crippen molar-refractivity contribution in [3.63, 3.8) is 0 Å². The molecule has 4 aromatic rings. The second-order valence-corrected chi connectivity index (χ2v) is 10.7. The van der Waals surface area contributed by atoms with Crippen molar-refractivity contribution in [1.82, 2.24) is 15.0 Å². The molecule has 1 unspecified atom stereocenters. The number of aryl methyl sites for hydroxylation is 1. The number of carbonyl (C=O) groups excluding carboxylic acids is 2. The van der Waals surface area contributed by atoms with Gasteiger partial charge in [0.2, 0.25) is 0 Å². The predicted molar refractivity (Wildman–Crippen MR) is 163 cm³/mol. The number of aromatic nitrogens is 3. The standard InChI is InChI=1S/C33H35N5O5/c1-22(11-9-10-18-37-20-29(35-36-37)27(21-39)24-12-5-3-6-13-24)33(43)28-19-25(34-31(41)23(2)40)16-17-30(28)38(32(33)42)26-14-7-4-8-15-26/h3-9,11-17,19-20,22-23,27,39-40,43H,10,18,21H2,1-2H3,(H,34,41)/b11-9+/t22-,23+,27?,33+/m1/s1. The van der Waals surface area contributed by atoms with Crippen molar-refractivity contribution < 1.29 is 24.9 Å². The fourth-order valence-electron chi connectivity index (χ4n) is 5.31. The van der Waals surface area contributed by atoms with Crippen LogP contribution in [0.15, 0.2) is 97.2 Å². The van der Waals surface area contributed by atoms with E-state index in [0.29, 0.717) is 41.3 Å². The van der Waals surface area contributed by atoms with Crippen LogP contribution in [0.25, 0.3) is 0 Å². The van der Waals surface area contributed by atoms with Crippen LogP contribution in [0.4, 0.5) is 17.1 Å². The van der Waals surface area contributed by atoms with Crippen LogP contribution >= 0.6 is 0 Å². The molecule has 43 heavy (non-hydrogen) atoms. The highest BCUT2D eigenvalue weighted by molar-refractivity contribution is 6.12. The van der Waals surface area contributed by atoms with Gasteiger partial charge in [-0.1, -0.05) is 72.8 Å². The van der Waals surface area contributed by atoms with Gasteiger partial charge in [0.15, 0.2) is 5.60 Å². The third-order valence-electron chi connectivity index (χ3n) is 7.75. The molecule has 0 bridgehead atoms. The van der Waals surface area contributed by atoms with Crippen LogP contribution in [0, 0.1) is 5.92 Å². The number of allylic oxidation sites excluding steroid dienone is 1. The lowest BCUT2D eigenvalue weighted by Gasteiger charge is -2.28. The Balaban J connectivity index is 1.35. The summed E-state index contributed by atoms with van der Waals surface area (Å²) in [5.41, 5.74) is 1.57. The van der Waals surface area contributed by atoms with E-state index in [1.807, 2.05) is 60.8 Å². The summed E-state index contributed by atoms with van der Waals surface area (Å²) < 4.78 is 1.70. The van der Waals surface area contributed by atoms with Gasteiger partial charge in [-0.05, 0) is 49.2 Å². The lowest BCUT2D eigenvalue weighted by molar-refractivity contribution is -0.138. The van der Waals surface area contributed by atoms with E-state index in [1.54, 1.807) is 48.0 Å². The third kappa shape index (κ3) is 5.98. The predicted octanol–water partition coefficient (Wildman–Crippen LogP) is 3.87. The number of hydrogen-bond acceptors (Lipinski definition) is 7. The van der Waals surface area contributed by atoms with Gasteiger partial charge in [0, 0.05) is 35.6 Å². The number of nitrogens with one attached hydrogen (secondary N) is 1. The maximum absolute atomic E-state index is 13.9. The monoisotopic (exact) mass is 581 g/mol. The molecule has 10 heteroatoms. The first-order valence-corrected chi connectivity index (χ1v) is 14.2. The molecule has 1 aromatic heterocycles. The first-order valence-electron chi connectivity index (χ1n) is 14.2. The molecule has 0 fully saturated rings. The number of aliphatic hydroxyl groups is 3. The zero-order valence-corrected chi connectivity index (χ0v) is 24.0. The van der Waals surface area contributed by atoms with Gasteiger partial charge >= 0.3 is 0 Å². The van der Waals surface area contributed by atoms with Gasteiger partial charge in [0.05, 0.1) is 23.9 Å². The summed E-state index contributed by atoms with van der Waals surface area (Å²) in [5.74, 6) is -1.98. The maximum Gasteiger partial charge on any atom is 0.268 e. The number of nitrogens with zero attached hydrogens (tertiary/aromatic N) is 4. The largest absolute Gasteiger partial charge is 0.395 e. The number of amides is 2. The first-order chi connectivity index (χ1) is 20.7. The molecule has 0 aliphatic carbocycles. The number of benzene rings is 3. The van der Waals surface area contributed by atoms with Gasteiger partial charge in [0.1, 0.15) is 6.10 Å². The molecule has 4 N–H and O–H groups in total. The number of hydrogen-bond donors (Lipinski definition) is 4. The van der Waals surface area contributed by atoms with Crippen LogP contribution in [0.5, 0.6) is 0 Å². The molecule has 2 heterocycles. The van der Waals surface area contributed by atoms with Crippen LogP contribution in [0.3, 0.4) is 0 Å². The number of rotatable bonds is 11. The highest BCUT2D eigenvalue weighted by Gasteiger charge is 2.53. The Morgan fingerprint density at radius 1 is 1.05 bits per heavy atom. The summed E-state index contributed by atoms with van der Waals surface area (Å²) in [5, 5.41) is 42.7. The Kier molecular flexibility index (Phi) is 8.81. The Labute approximate surface area is 249 Å². The highest BCUT2D eigenvalue weighted by Crippen LogP contribution is 2.49. The van der Waals surface area contributed by atoms with Crippen molar-refractivity contribution in [2.45, 2.75) is 44.4 Å². The van der Waals surface area contributed by atoms with Crippen molar-refractivity contribution in [3.8, 4) is 0 Å². The average molecular weight is 582 g/mol. The molecule has 0 saturated carbocycles. The van der Waals surface area contributed by atoms with Crippen molar-refractivity contribution in [2.24, 2.45) is 5.92 Å². The molecule has 2 amide bonds. The van der Waals surface area contributed by atoms with Gasteiger partial charge in [-0.2, -0.15) is 0 Å². The molecule has 222 valence electrons. The van der Waals surface area contributed by atoms with E-state index in [9.17, 15) is 24.9 Å². The quantitative estimate of drug-likeness (QED) is 0.197. The number of fused-ring (bicyclic) bond motifs is 1. The Morgan fingerprint density at radius 2 is 1.74 bits per heavy atom. The molecule has 0 saturated heterocycles. The third-order valence-corrected chi connectivity index (χ3v) is 7.75. The first kappa shape index (κ1) is 29.8. The van der Waals surface area contributed by atoms with E-state index in [0.717, 1.165) is 5.56 Å². The highest BCUT2D eigenvalue weighted by atomic mass is 16.3. The lowest BCUT2D eigenvalue weighted by Crippen LogP contribution is -2.42. The molecule has 0 radical (unpaired) electrons. The van der Waals surface area contributed by atoms with Crippen LogP contribution < -0.4 is 10.2 Å². The van der Waals surface area contributed by atoms with E-state index in [4.69, 9.17) is 0 Å². The second kappa shape index (κ2) is 12.7. The van der Waals surface area contributed by atoms with Gasteiger partial charge in [-0.25, -0.2) is 0 Å². The molecule has 1 aliphatic rings. The zero-order valence-electron chi connectivity index (χ0n) is 24.0. The topological polar surface area (TPSA) is 141 Å². The second-order valence-electron chi connectivity index (χ2n) is 10.7. The molecule has 4 atom stereocenters. The summed E-state index contributed by atoms with van der Waals surface area (Å²) >= 11 is 0. The van der Waals surface area contributed by atoms with Gasteiger partial charge in [-0.3, -0.25) is 19.2 Å². The fraction of sp³-hybridized carbons (Fsp3) is 0.273. The molecule has 5 rings (SSSR count). The van der Waals surface area contributed by atoms with E-state index < -0.39 is 29.4 Å². The Bertz CT molecular complexity index is 1600. The van der Waals surface area contributed by atoms with Gasteiger partial charge < -0.3 is 20.6 Å². The molecule has 3 aromatic carbocycles. The lowest BCUT2D eigenvalue weighted by atomic mass is 9.82. The average Bonchev–Trinajstić information content (AvgIpc) is 3.57. The molecular weight excluding hydrogens is 546 g/mol. The molecule has 0 spiro atoms. The number of aliphatic hydroxyl groups excluding tert-OH is 2. The molecule has 10 nitrogen and oxygen atoms in total. The smallest absolute Gasteiger partial charge is 0.268 e. The minimum Gasteiger partial charge on any atom is -0.395 e. The Morgan fingerprint density at radius 3 is 2.42 bits per heavy atom. The van der Waals surface area contributed by atoms with Crippen molar-refractivity contribution in [1.29, 1.82) is 0 Å². The van der Waals surface area contributed by atoms with Gasteiger partial charge in [0.25, 0.3) is 11.8 Å². The summed E-state index contributed by atoms with van der Waals surface area (Å²) in [6.07, 6.45) is 4.85. The normalized spacial score (nSPS) is 18.4. The van der Waals surface area contributed by atoms with Crippen LogP contribution in [0.2, 0.25) is 0 Å². The van der Waals surface area contributed by atoms with Gasteiger partial charge in [-0.15, -0.1) is 5.10 Å². The van der Waals surface area contributed by atoms with Crippen LogP contribution in [0.1, 0.15) is 43.0 Å². The van der Waals surface area contributed by atoms with Crippen molar-refractivity contribution >= 4 is 28.9 Å². The molecule has 1 aliphatic heterocycles. The van der Waals surface area contributed by atoms with Crippen LogP contribution in [-0.2, 0) is 21.7 Å². The summed E-state index contributed by atoms with van der Waals surface area (Å²) in [6.45, 7) is 3.56. The number of carbonyl (C=O) groups is 2. The van der Waals surface area contributed by atoms with E-state index >= 15 is 0 Å². The Hall–Kier alpha value is -4.64. The minimum atomic E-state index is -1.91. The molecular formula is C33H35N5O5. The fourth-order valence-corrected chi connectivity index (χ4v) is 5.31.